The first kappa shape index (κ1) is 21.4. The monoisotopic (exact) mass is 422 g/mol. The fourth-order valence-corrected chi connectivity index (χ4v) is 2.89. The summed E-state index contributed by atoms with van der Waals surface area (Å²) in [6, 6.07) is 20.3. The highest BCUT2D eigenvalue weighted by Gasteiger charge is 2.08. The van der Waals surface area contributed by atoms with Gasteiger partial charge in [-0.25, -0.2) is 5.43 Å². The van der Waals surface area contributed by atoms with E-state index in [1.165, 1.54) is 0 Å². The zero-order valence-corrected chi connectivity index (χ0v) is 17.6. The van der Waals surface area contributed by atoms with Crippen LogP contribution in [0.5, 0.6) is 11.5 Å². The Bertz CT molecular complexity index is 1030. The normalized spacial score (nSPS) is 10.8. The molecule has 0 saturated carbocycles. The molecule has 0 spiro atoms. The summed E-state index contributed by atoms with van der Waals surface area (Å²) in [5.74, 6) is 0.937. The van der Waals surface area contributed by atoms with Crippen molar-refractivity contribution in [2.45, 2.75) is 20.5 Å². The summed E-state index contributed by atoms with van der Waals surface area (Å²) < 4.78 is 11.6. The summed E-state index contributed by atoms with van der Waals surface area (Å²) in [6.45, 7) is 4.70. The highest BCUT2D eigenvalue weighted by Crippen LogP contribution is 2.29. The van der Waals surface area contributed by atoms with Gasteiger partial charge in [-0.05, 0) is 55.8 Å². The first-order valence-corrected chi connectivity index (χ1v) is 9.97. The van der Waals surface area contributed by atoms with E-state index in [0.717, 1.165) is 16.7 Å². The van der Waals surface area contributed by atoms with Crippen molar-refractivity contribution in [1.82, 2.24) is 5.43 Å². The molecule has 1 amide bonds. The molecule has 3 aromatic carbocycles. The maximum absolute atomic E-state index is 12.1. The average molecular weight is 423 g/mol. The number of hydrogen-bond acceptors (Lipinski definition) is 4. The molecule has 0 radical (unpaired) electrons. The van der Waals surface area contributed by atoms with E-state index in [0.29, 0.717) is 35.3 Å². The smallest absolute Gasteiger partial charge is 0.271 e. The molecule has 5 nitrogen and oxygen atoms in total. The Morgan fingerprint density at radius 1 is 1.03 bits per heavy atom. The van der Waals surface area contributed by atoms with Crippen molar-refractivity contribution in [3.63, 3.8) is 0 Å². The SMILES string of the molecule is CCOc1cc(/C=N\NC(=O)c2ccc(C)cc2)ccc1OCc1ccccc1Cl. The van der Waals surface area contributed by atoms with Crippen molar-refractivity contribution in [2.24, 2.45) is 5.10 Å². The average Bonchev–Trinajstić information content (AvgIpc) is 2.75. The molecule has 0 saturated heterocycles. The quantitative estimate of drug-likeness (QED) is 0.391. The highest BCUT2D eigenvalue weighted by molar-refractivity contribution is 6.31. The van der Waals surface area contributed by atoms with Crippen LogP contribution in [-0.2, 0) is 6.61 Å². The van der Waals surface area contributed by atoms with Crippen molar-refractivity contribution in [3.05, 3.63) is 94.0 Å². The molecule has 6 heteroatoms. The van der Waals surface area contributed by atoms with Crippen LogP contribution in [0.3, 0.4) is 0 Å². The van der Waals surface area contributed by atoms with Crippen molar-refractivity contribution in [2.75, 3.05) is 6.61 Å². The van der Waals surface area contributed by atoms with E-state index in [4.69, 9.17) is 21.1 Å². The summed E-state index contributed by atoms with van der Waals surface area (Å²) in [5.41, 5.74) is 5.84. The number of ether oxygens (including phenoxy) is 2. The Morgan fingerprint density at radius 3 is 2.53 bits per heavy atom. The van der Waals surface area contributed by atoms with Gasteiger partial charge < -0.3 is 9.47 Å². The molecule has 0 atom stereocenters. The number of aryl methyl sites for hydroxylation is 1. The molecule has 154 valence electrons. The van der Waals surface area contributed by atoms with E-state index >= 15 is 0 Å². The molecular weight excluding hydrogens is 400 g/mol. The summed E-state index contributed by atoms with van der Waals surface area (Å²) in [7, 11) is 0. The van der Waals surface area contributed by atoms with Crippen LogP contribution in [0, 0.1) is 6.92 Å². The van der Waals surface area contributed by atoms with Crippen molar-refractivity contribution in [1.29, 1.82) is 0 Å². The number of nitrogens with zero attached hydrogens (tertiary/aromatic N) is 1. The number of carbonyl (C=O) groups is 1. The van der Waals surface area contributed by atoms with Gasteiger partial charge in [0.25, 0.3) is 5.91 Å². The van der Waals surface area contributed by atoms with Gasteiger partial charge in [-0.15, -0.1) is 0 Å². The number of benzene rings is 3. The second-order valence-electron chi connectivity index (χ2n) is 6.58. The number of hydrazone groups is 1. The first-order valence-electron chi connectivity index (χ1n) is 9.60. The van der Waals surface area contributed by atoms with Crippen LogP contribution in [0.4, 0.5) is 0 Å². The number of rotatable bonds is 8. The van der Waals surface area contributed by atoms with Gasteiger partial charge in [-0.2, -0.15) is 5.10 Å². The van der Waals surface area contributed by atoms with Crippen LogP contribution in [0.25, 0.3) is 0 Å². The summed E-state index contributed by atoms with van der Waals surface area (Å²) >= 11 is 6.19. The molecule has 3 aromatic rings. The number of nitrogens with one attached hydrogen (secondary N) is 1. The standard InChI is InChI=1S/C24H23ClN2O3/c1-3-29-23-14-18(15-26-27-24(28)19-11-8-17(2)9-12-19)10-13-22(23)30-16-20-6-4-5-7-21(20)25/h4-15H,3,16H2,1-2H3,(H,27,28)/b26-15-. The van der Waals surface area contributed by atoms with Gasteiger partial charge in [0, 0.05) is 16.1 Å². The summed E-state index contributed by atoms with van der Waals surface area (Å²) in [5, 5.41) is 4.69. The van der Waals surface area contributed by atoms with E-state index in [-0.39, 0.29) is 5.91 Å². The Morgan fingerprint density at radius 2 is 1.80 bits per heavy atom. The maximum Gasteiger partial charge on any atom is 0.271 e. The van der Waals surface area contributed by atoms with Gasteiger partial charge in [0.1, 0.15) is 6.61 Å². The molecule has 0 aliphatic heterocycles. The Hall–Kier alpha value is -3.31. The lowest BCUT2D eigenvalue weighted by molar-refractivity contribution is 0.0955. The van der Waals surface area contributed by atoms with Gasteiger partial charge in [0.2, 0.25) is 0 Å². The van der Waals surface area contributed by atoms with Crippen molar-refractivity contribution < 1.29 is 14.3 Å². The largest absolute Gasteiger partial charge is 0.490 e. The van der Waals surface area contributed by atoms with Crippen LogP contribution in [-0.4, -0.2) is 18.7 Å². The number of halogens is 1. The summed E-state index contributed by atoms with van der Waals surface area (Å²) in [6.07, 6.45) is 1.56. The lowest BCUT2D eigenvalue weighted by Crippen LogP contribution is -2.17. The predicted molar refractivity (Wildman–Crippen MR) is 120 cm³/mol. The molecule has 30 heavy (non-hydrogen) atoms. The van der Waals surface area contributed by atoms with Gasteiger partial charge in [-0.3, -0.25) is 4.79 Å². The van der Waals surface area contributed by atoms with E-state index in [1.54, 1.807) is 18.3 Å². The van der Waals surface area contributed by atoms with Gasteiger partial charge in [0.15, 0.2) is 11.5 Å². The molecule has 0 aliphatic carbocycles. The fourth-order valence-electron chi connectivity index (χ4n) is 2.70. The number of hydrogen-bond donors (Lipinski definition) is 1. The topological polar surface area (TPSA) is 59.9 Å². The highest BCUT2D eigenvalue weighted by atomic mass is 35.5. The lowest BCUT2D eigenvalue weighted by atomic mass is 10.1. The minimum atomic E-state index is -0.268. The lowest BCUT2D eigenvalue weighted by Gasteiger charge is -2.13. The van der Waals surface area contributed by atoms with Crippen LogP contribution in [0.2, 0.25) is 5.02 Å². The number of amides is 1. The molecule has 0 bridgehead atoms. The zero-order valence-electron chi connectivity index (χ0n) is 16.9. The van der Waals surface area contributed by atoms with Crippen LogP contribution < -0.4 is 14.9 Å². The third-order valence-corrected chi connectivity index (χ3v) is 4.67. The maximum atomic E-state index is 12.1. The molecule has 1 N–H and O–H groups in total. The van der Waals surface area contributed by atoms with E-state index < -0.39 is 0 Å². The molecule has 0 heterocycles. The number of carbonyl (C=O) groups excluding carboxylic acids is 1. The minimum absolute atomic E-state index is 0.268. The third-order valence-electron chi connectivity index (χ3n) is 4.30. The Labute approximate surface area is 181 Å². The Kier molecular flexibility index (Phi) is 7.46. The van der Waals surface area contributed by atoms with Crippen LogP contribution >= 0.6 is 11.6 Å². The van der Waals surface area contributed by atoms with Crippen molar-refractivity contribution >= 4 is 23.7 Å². The molecule has 0 aliphatic rings. The van der Waals surface area contributed by atoms with E-state index in [2.05, 4.69) is 10.5 Å². The first-order chi connectivity index (χ1) is 14.6. The fraction of sp³-hybridized carbons (Fsp3) is 0.167. The minimum Gasteiger partial charge on any atom is -0.490 e. The van der Waals surface area contributed by atoms with Gasteiger partial charge in [-0.1, -0.05) is 47.5 Å². The molecule has 0 unspecified atom stereocenters. The third kappa shape index (κ3) is 5.84. The molecule has 0 aromatic heterocycles. The molecular formula is C24H23ClN2O3. The van der Waals surface area contributed by atoms with E-state index in [9.17, 15) is 4.79 Å². The van der Waals surface area contributed by atoms with Gasteiger partial charge >= 0.3 is 0 Å². The predicted octanol–water partition coefficient (Wildman–Crippen LogP) is 5.39. The summed E-state index contributed by atoms with van der Waals surface area (Å²) in [4.78, 5) is 12.1. The van der Waals surface area contributed by atoms with Crippen LogP contribution in [0.15, 0.2) is 71.8 Å². The Balaban J connectivity index is 1.66. The van der Waals surface area contributed by atoms with E-state index in [1.807, 2.05) is 68.4 Å². The second-order valence-corrected chi connectivity index (χ2v) is 6.99. The van der Waals surface area contributed by atoms with Gasteiger partial charge in [0.05, 0.1) is 12.8 Å². The zero-order chi connectivity index (χ0) is 21.3. The molecule has 0 fully saturated rings. The van der Waals surface area contributed by atoms with Crippen LogP contribution in [0.1, 0.15) is 34.0 Å². The van der Waals surface area contributed by atoms with Crippen molar-refractivity contribution in [3.8, 4) is 11.5 Å². The second kappa shape index (κ2) is 10.5. The molecule has 3 rings (SSSR count).